The van der Waals surface area contributed by atoms with E-state index in [0.717, 1.165) is 16.3 Å². The highest BCUT2D eigenvalue weighted by molar-refractivity contribution is 7.99. The first kappa shape index (κ1) is 11.7. The molecule has 0 atom stereocenters. The first-order valence-corrected chi connectivity index (χ1v) is 6.25. The molecule has 0 unspecified atom stereocenters. The van der Waals surface area contributed by atoms with Gasteiger partial charge in [0, 0.05) is 5.56 Å². The predicted octanol–water partition coefficient (Wildman–Crippen LogP) is 3.18. The van der Waals surface area contributed by atoms with Gasteiger partial charge in [-0.2, -0.15) is 0 Å². The molecule has 0 aliphatic rings. The van der Waals surface area contributed by atoms with Crippen LogP contribution in [-0.2, 0) is 0 Å². The van der Waals surface area contributed by atoms with Crippen molar-refractivity contribution in [1.29, 1.82) is 0 Å². The second-order valence-electron chi connectivity index (χ2n) is 3.62. The highest BCUT2D eigenvalue weighted by Gasteiger charge is 2.00. The van der Waals surface area contributed by atoms with E-state index in [1.54, 1.807) is 0 Å². The van der Waals surface area contributed by atoms with Crippen LogP contribution in [0.5, 0.6) is 0 Å². The average molecular weight is 240 g/mol. The zero-order valence-corrected chi connectivity index (χ0v) is 10.4. The van der Waals surface area contributed by atoms with Gasteiger partial charge in [-0.3, -0.25) is 0 Å². The molecule has 0 amide bonds. The normalized spacial score (nSPS) is 9.88. The summed E-state index contributed by atoms with van der Waals surface area (Å²) in [5.74, 6) is 3.19. The molecule has 1 heterocycles. The summed E-state index contributed by atoms with van der Waals surface area (Å²) < 4.78 is 0. The lowest BCUT2D eigenvalue weighted by Crippen LogP contribution is -1.89. The minimum Gasteiger partial charge on any atom is -0.149 e. The van der Waals surface area contributed by atoms with Gasteiger partial charge in [0.1, 0.15) is 5.03 Å². The SMILES string of the molecule is C#CCSc1ccc(-c2ccc(C)cc2)nn1. The van der Waals surface area contributed by atoms with Crippen LogP contribution in [0.25, 0.3) is 11.3 Å². The molecule has 0 aliphatic carbocycles. The largest absolute Gasteiger partial charge is 0.149 e. The molecule has 0 N–H and O–H groups in total. The lowest BCUT2D eigenvalue weighted by molar-refractivity contribution is 0.937. The topological polar surface area (TPSA) is 25.8 Å². The van der Waals surface area contributed by atoms with E-state index in [1.165, 1.54) is 17.3 Å². The Kier molecular flexibility index (Phi) is 3.79. The van der Waals surface area contributed by atoms with Crippen LogP contribution < -0.4 is 0 Å². The van der Waals surface area contributed by atoms with Crippen LogP contribution in [0, 0.1) is 19.3 Å². The fourth-order valence-electron chi connectivity index (χ4n) is 1.39. The Morgan fingerprint density at radius 1 is 1.12 bits per heavy atom. The highest BCUT2D eigenvalue weighted by Crippen LogP contribution is 2.19. The van der Waals surface area contributed by atoms with Gasteiger partial charge in [-0.05, 0) is 19.1 Å². The van der Waals surface area contributed by atoms with E-state index in [1.807, 2.05) is 24.3 Å². The van der Waals surface area contributed by atoms with Crippen LogP contribution in [0.3, 0.4) is 0 Å². The third kappa shape index (κ3) is 3.08. The molecule has 0 fully saturated rings. The van der Waals surface area contributed by atoms with Gasteiger partial charge in [0.2, 0.25) is 0 Å². The minimum absolute atomic E-state index is 0.624. The molecular formula is C14H12N2S. The van der Waals surface area contributed by atoms with Gasteiger partial charge in [-0.25, -0.2) is 0 Å². The van der Waals surface area contributed by atoms with Crippen LogP contribution >= 0.6 is 11.8 Å². The third-order valence-electron chi connectivity index (χ3n) is 2.29. The van der Waals surface area contributed by atoms with E-state index in [0.29, 0.717) is 5.75 Å². The first-order chi connectivity index (χ1) is 8.29. The summed E-state index contributed by atoms with van der Waals surface area (Å²) in [6.07, 6.45) is 5.19. The van der Waals surface area contributed by atoms with Crippen LogP contribution in [0.2, 0.25) is 0 Å². The van der Waals surface area contributed by atoms with Crippen LogP contribution in [0.4, 0.5) is 0 Å². The summed E-state index contributed by atoms with van der Waals surface area (Å²) >= 11 is 1.52. The summed E-state index contributed by atoms with van der Waals surface area (Å²) in [6, 6.07) is 12.2. The number of rotatable bonds is 3. The third-order valence-corrected chi connectivity index (χ3v) is 3.12. The van der Waals surface area contributed by atoms with Gasteiger partial charge in [-0.1, -0.05) is 47.5 Å². The zero-order chi connectivity index (χ0) is 12.1. The summed E-state index contributed by atoms with van der Waals surface area (Å²) in [4.78, 5) is 0. The van der Waals surface area contributed by atoms with Crippen LogP contribution in [-0.4, -0.2) is 16.0 Å². The molecule has 17 heavy (non-hydrogen) atoms. The van der Waals surface area contributed by atoms with E-state index in [2.05, 4.69) is 35.2 Å². The van der Waals surface area contributed by atoms with E-state index in [4.69, 9.17) is 6.42 Å². The monoisotopic (exact) mass is 240 g/mol. The lowest BCUT2D eigenvalue weighted by Gasteiger charge is -2.01. The van der Waals surface area contributed by atoms with Gasteiger partial charge in [0.25, 0.3) is 0 Å². The Balaban J connectivity index is 2.18. The minimum atomic E-state index is 0.624. The smallest absolute Gasteiger partial charge is 0.120 e. The fourth-order valence-corrected chi connectivity index (χ4v) is 1.88. The van der Waals surface area contributed by atoms with Crippen molar-refractivity contribution in [2.24, 2.45) is 0 Å². The molecule has 2 rings (SSSR count). The molecule has 2 aromatic rings. The van der Waals surface area contributed by atoms with Crippen LogP contribution in [0.1, 0.15) is 5.56 Å². The molecule has 0 spiro atoms. The number of hydrogen-bond donors (Lipinski definition) is 0. The molecule has 1 aromatic heterocycles. The Hall–Kier alpha value is -1.79. The highest BCUT2D eigenvalue weighted by atomic mass is 32.2. The van der Waals surface area contributed by atoms with E-state index in [-0.39, 0.29) is 0 Å². The fraction of sp³-hybridized carbons (Fsp3) is 0.143. The number of aryl methyl sites for hydroxylation is 1. The number of thioether (sulfide) groups is 1. The van der Waals surface area contributed by atoms with Crippen molar-refractivity contribution in [1.82, 2.24) is 10.2 Å². The van der Waals surface area contributed by atoms with Gasteiger partial charge in [-0.15, -0.1) is 16.6 Å². The number of hydrogen-bond acceptors (Lipinski definition) is 3. The van der Waals surface area contributed by atoms with E-state index < -0.39 is 0 Å². The van der Waals surface area contributed by atoms with Gasteiger partial charge in [0.15, 0.2) is 0 Å². The van der Waals surface area contributed by atoms with E-state index >= 15 is 0 Å². The molecule has 0 saturated carbocycles. The Morgan fingerprint density at radius 2 is 1.88 bits per heavy atom. The molecule has 0 saturated heterocycles. The van der Waals surface area contributed by atoms with Crippen molar-refractivity contribution in [3.05, 3.63) is 42.0 Å². The number of nitrogens with zero attached hydrogens (tertiary/aromatic N) is 2. The summed E-state index contributed by atoms with van der Waals surface area (Å²) in [7, 11) is 0. The molecule has 0 aliphatic heterocycles. The van der Waals surface area contributed by atoms with Crippen molar-refractivity contribution in [3.8, 4) is 23.6 Å². The maximum absolute atomic E-state index is 5.19. The zero-order valence-electron chi connectivity index (χ0n) is 9.55. The second kappa shape index (κ2) is 5.51. The van der Waals surface area contributed by atoms with E-state index in [9.17, 15) is 0 Å². The predicted molar refractivity (Wildman–Crippen MR) is 71.8 cm³/mol. The Morgan fingerprint density at radius 3 is 2.47 bits per heavy atom. The quantitative estimate of drug-likeness (QED) is 0.608. The molecule has 1 aromatic carbocycles. The maximum atomic E-state index is 5.19. The summed E-state index contributed by atoms with van der Waals surface area (Å²) in [6.45, 7) is 2.06. The van der Waals surface area contributed by atoms with Crippen molar-refractivity contribution >= 4 is 11.8 Å². The number of aromatic nitrogens is 2. The van der Waals surface area contributed by atoms with Gasteiger partial charge in [0.05, 0.1) is 11.4 Å². The van der Waals surface area contributed by atoms with Crippen LogP contribution in [0.15, 0.2) is 41.4 Å². The maximum Gasteiger partial charge on any atom is 0.120 e. The lowest BCUT2D eigenvalue weighted by atomic mass is 10.1. The number of benzene rings is 1. The number of terminal acetylenes is 1. The Labute approximate surface area is 105 Å². The average Bonchev–Trinajstić information content (AvgIpc) is 2.38. The summed E-state index contributed by atoms with van der Waals surface area (Å²) in [5, 5.41) is 9.18. The van der Waals surface area contributed by atoms with Crippen molar-refractivity contribution in [2.75, 3.05) is 5.75 Å². The van der Waals surface area contributed by atoms with Gasteiger partial charge < -0.3 is 0 Å². The molecule has 3 heteroatoms. The molecular weight excluding hydrogens is 228 g/mol. The van der Waals surface area contributed by atoms with Gasteiger partial charge >= 0.3 is 0 Å². The van der Waals surface area contributed by atoms with Crippen molar-refractivity contribution in [2.45, 2.75) is 11.9 Å². The Bertz CT molecular complexity index is 524. The standard InChI is InChI=1S/C14H12N2S/c1-3-10-17-14-9-8-13(15-16-14)12-6-4-11(2)5-7-12/h1,4-9H,10H2,2H3. The molecule has 2 nitrogen and oxygen atoms in total. The molecule has 0 bridgehead atoms. The molecule has 84 valence electrons. The summed E-state index contributed by atoms with van der Waals surface area (Å²) in [5.41, 5.74) is 3.20. The van der Waals surface area contributed by atoms with Crippen molar-refractivity contribution < 1.29 is 0 Å². The molecule has 0 radical (unpaired) electrons. The second-order valence-corrected chi connectivity index (χ2v) is 4.61. The van der Waals surface area contributed by atoms with Crippen molar-refractivity contribution in [3.63, 3.8) is 0 Å². The first-order valence-electron chi connectivity index (χ1n) is 5.26.